The van der Waals surface area contributed by atoms with Crippen LogP contribution in [0.4, 0.5) is 0 Å². The van der Waals surface area contributed by atoms with E-state index < -0.39 is 17.9 Å². The van der Waals surface area contributed by atoms with Gasteiger partial charge in [0.05, 0.1) is 23.6 Å². The lowest BCUT2D eigenvalue weighted by Crippen LogP contribution is -2.48. The van der Waals surface area contributed by atoms with Crippen LogP contribution in [-0.4, -0.2) is 50.2 Å². The van der Waals surface area contributed by atoms with Gasteiger partial charge in [-0.15, -0.1) is 0 Å². The highest BCUT2D eigenvalue weighted by molar-refractivity contribution is 5.89. The minimum absolute atomic E-state index is 0.266. The van der Waals surface area contributed by atoms with Crippen molar-refractivity contribution in [1.82, 2.24) is 30.5 Å². The summed E-state index contributed by atoms with van der Waals surface area (Å²) in [5, 5.41) is 5.07. The molecule has 3 amide bonds. The third kappa shape index (κ3) is 10.1. The molecule has 3 aromatic rings. The number of hydrogen-bond donors (Lipinski definition) is 3. The Hall–Kier alpha value is -4.18. The molecule has 0 radical (unpaired) electrons. The zero-order chi connectivity index (χ0) is 26.5. The number of nitrogens with two attached hydrogens (primary N) is 1. The van der Waals surface area contributed by atoms with Crippen LogP contribution in [0.1, 0.15) is 42.4 Å². The van der Waals surface area contributed by atoms with Crippen LogP contribution in [0.5, 0.6) is 0 Å². The normalized spacial score (nSPS) is 11.6. The maximum atomic E-state index is 12.3. The van der Waals surface area contributed by atoms with Crippen molar-refractivity contribution in [3.63, 3.8) is 0 Å². The molecule has 0 saturated carbocycles. The molecule has 0 bridgehead atoms. The number of nitrogens with zero attached hydrogens (tertiary/aromatic N) is 4. The second-order valence-electron chi connectivity index (χ2n) is 8.77. The number of aryl methyl sites for hydroxylation is 1. The van der Waals surface area contributed by atoms with Crippen LogP contribution in [0.3, 0.4) is 0 Å². The molecule has 1 atom stereocenters. The van der Waals surface area contributed by atoms with Crippen LogP contribution < -0.4 is 16.4 Å². The standard InChI is InChI=1S/C27H33N7O3/c1-20(35)33-25(27(37)32-16-26(28)36)10-6-7-21-11-12-24(31-15-21)19-34(17-22-8-2-4-13-29-22)18-23-9-3-5-14-30-23/h2-5,8-9,11-15,25H,6-7,10,16-19H2,1H3,(H2,28,36)(H,32,37)(H,33,35)/t25-/m0/s1. The molecule has 4 N–H and O–H groups in total. The van der Waals surface area contributed by atoms with E-state index >= 15 is 0 Å². The van der Waals surface area contributed by atoms with E-state index in [4.69, 9.17) is 5.73 Å². The number of nitrogens with one attached hydrogen (secondary N) is 2. The first-order valence-electron chi connectivity index (χ1n) is 12.2. The molecule has 37 heavy (non-hydrogen) atoms. The van der Waals surface area contributed by atoms with Gasteiger partial charge >= 0.3 is 0 Å². The van der Waals surface area contributed by atoms with Crippen LogP contribution in [0.25, 0.3) is 0 Å². The van der Waals surface area contributed by atoms with Crippen molar-refractivity contribution in [1.29, 1.82) is 0 Å². The molecular weight excluding hydrogens is 470 g/mol. The second-order valence-corrected chi connectivity index (χ2v) is 8.77. The highest BCUT2D eigenvalue weighted by Gasteiger charge is 2.19. The summed E-state index contributed by atoms with van der Waals surface area (Å²) >= 11 is 0. The first kappa shape index (κ1) is 27.4. The van der Waals surface area contributed by atoms with Gasteiger partial charge in [-0.2, -0.15) is 0 Å². The van der Waals surface area contributed by atoms with E-state index in [0.29, 0.717) is 38.9 Å². The molecule has 3 aromatic heterocycles. The number of amides is 3. The summed E-state index contributed by atoms with van der Waals surface area (Å²) in [7, 11) is 0. The zero-order valence-corrected chi connectivity index (χ0v) is 21.0. The van der Waals surface area contributed by atoms with Gasteiger partial charge in [0, 0.05) is 45.1 Å². The first-order valence-corrected chi connectivity index (χ1v) is 12.2. The lowest BCUT2D eigenvalue weighted by Gasteiger charge is -2.21. The van der Waals surface area contributed by atoms with Crippen LogP contribution in [0.15, 0.2) is 67.1 Å². The topological polar surface area (TPSA) is 143 Å². The fourth-order valence-corrected chi connectivity index (χ4v) is 3.86. The summed E-state index contributed by atoms with van der Waals surface area (Å²) in [4.78, 5) is 50.5. The molecule has 3 rings (SSSR count). The lowest BCUT2D eigenvalue weighted by atomic mass is 10.0. The molecule has 0 fully saturated rings. The highest BCUT2D eigenvalue weighted by Crippen LogP contribution is 2.13. The molecule has 0 aliphatic heterocycles. The average molecular weight is 504 g/mol. The monoisotopic (exact) mass is 503 g/mol. The summed E-state index contributed by atoms with van der Waals surface area (Å²) < 4.78 is 0. The summed E-state index contributed by atoms with van der Waals surface area (Å²) in [5.74, 6) is -1.38. The van der Waals surface area contributed by atoms with Gasteiger partial charge in [-0.05, 0) is 55.2 Å². The molecule has 0 aliphatic carbocycles. The Kier molecular flexibility index (Phi) is 10.7. The molecule has 0 aromatic carbocycles. The summed E-state index contributed by atoms with van der Waals surface area (Å²) in [6, 6.07) is 15.1. The van der Waals surface area contributed by atoms with Crippen molar-refractivity contribution >= 4 is 17.7 Å². The fraction of sp³-hybridized carbons (Fsp3) is 0.333. The Morgan fingerprint density at radius 3 is 2.00 bits per heavy atom. The zero-order valence-electron chi connectivity index (χ0n) is 21.0. The predicted molar refractivity (Wildman–Crippen MR) is 138 cm³/mol. The summed E-state index contributed by atoms with van der Waals surface area (Å²) in [5.41, 5.74) is 8.99. The van der Waals surface area contributed by atoms with E-state index in [1.807, 2.05) is 54.7 Å². The Balaban J connectivity index is 1.56. The number of primary amides is 1. The van der Waals surface area contributed by atoms with E-state index in [1.54, 1.807) is 12.4 Å². The largest absolute Gasteiger partial charge is 0.368 e. The van der Waals surface area contributed by atoms with E-state index in [1.165, 1.54) is 6.92 Å². The molecule has 194 valence electrons. The SMILES string of the molecule is CC(=O)N[C@@H](CCCc1ccc(CN(Cc2ccccn2)Cc2ccccn2)nc1)C(=O)NCC(N)=O. The molecule has 10 heteroatoms. The molecule has 0 aliphatic rings. The lowest BCUT2D eigenvalue weighted by molar-refractivity contribution is -0.129. The molecular formula is C27H33N7O3. The number of pyridine rings is 3. The van der Waals surface area contributed by atoms with Gasteiger partial charge in [0.25, 0.3) is 0 Å². The Morgan fingerprint density at radius 2 is 1.51 bits per heavy atom. The molecule has 10 nitrogen and oxygen atoms in total. The maximum Gasteiger partial charge on any atom is 0.243 e. The van der Waals surface area contributed by atoms with Crippen LogP contribution in [-0.2, 0) is 40.4 Å². The third-order valence-corrected chi connectivity index (χ3v) is 5.58. The molecule has 3 heterocycles. The predicted octanol–water partition coefficient (Wildman–Crippen LogP) is 1.50. The number of hydrogen-bond acceptors (Lipinski definition) is 7. The first-order chi connectivity index (χ1) is 17.9. The van der Waals surface area contributed by atoms with Gasteiger partial charge < -0.3 is 16.4 Å². The maximum absolute atomic E-state index is 12.3. The van der Waals surface area contributed by atoms with Gasteiger partial charge in [0.1, 0.15) is 6.04 Å². The van der Waals surface area contributed by atoms with E-state index in [0.717, 1.165) is 22.6 Å². The van der Waals surface area contributed by atoms with Crippen LogP contribution in [0, 0.1) is 0 Å². The Labute approximate surface area is 216 Å². The van der Waals surface area contributed by atoms with Crippen molar-refractivity contribution in [2.75, 3.05) is 6.54 Å². The summed E-state index contributed by atoms with van der Waals surface area (Å²) in [6.07, 6.45) is 7.20. The van der Waals surface area contributed by atoms with Crippen molar-refractivity contribution in [2.45, 2.75) is 51.9 Å². The van der Waals surface area contributed by atoms with Crippen LogP contribution in [0.2, 0.25) is 0 Å². The second kappa shape index (κ2) is 14.4. The number of rotatable bonds is 14. The van der Waals surface area contributed by atoms with Crippen molar-refractivity contribution in [3.8, 4) is 0 Å². The van der Waals surface area contributed by atoms with Gasteiger partial charge in [0.15, 0.2) is 0 Å². The molecule has 0 spiro atoms. The Morgan fingerprint density at radius 1 is 0.892 bits per heavy atom. The minimum atomic E-state index is -0.726. The van der Waals surface area contributed by atoms with Crippen molar-refractivity contribution in [2.24, 2.45) is 5.73 Å². The van der Waals surface area contributed by atoms with Gasteiger partial charge in [-0.25, -0.2) is 0 Å². The summed E-state index contributed by atoms with van der Waals surface area (Å²) in [6.45, 7) is 3.06. The minimum Gasteiger partial charge on any atom is -0.368 e. The van der Waals surface area contributed by atoms with Gasteiger partial charge in [0.2, 0.25) is 17.7 Å². The quantitative estimate of drug-likeness (QED) is 0.302. The number of carbonyl (C=O) groups excluding carboxylic acids is 3. The third-order valence-electron chi connectivity index (χ3n) is 5.58. The van der Waals surface area contributed by atoms with E-state index in [9.17, 15) is 14.4 Å². The highest BCUT2D eigenvalue weighted by atomic mass is 16.2. The number of carbonyl (C=O) groups is 3. The van der Waals surface area contributed by atoms with Crippen LogP contribution >= 0.6 is 0 Å². The van der Waals surface area contributed by atoms with Gasteiger partial charge in [-0.3, -0.25) is 34.2 Å². The number of aromatic nitrogens is 3. The van der Waals surface area contributed by atoms with Crippen molar-refractivity contribution in [3.05, 3.63) is 89.8 Å². The van der Waals surface area contributed by atoms with Crippen molar-refractivity contribution < 1.29 is 14.4 Å². The smallest absolute Gasteiger partial charge is 0.243 e. The Bertz CT molecular complexity index is 1100. The van der Waals surface area contributed by atoms with E-state index in [-0.39, 0.29) is 12.5 Å². The fourth-order valence-electron chi connectivity index (χ4n) is 3.86. The van der Waals surface area contributed by atoms with Gasteiger partial charge in [-0.1, -0.05) is 18.2 Å². The average Bonchev–Trinajstić information content (AvgIpc) is 2.88. The molecule has 0 saturated heterocycles. The van der Waals surface area contributed by atoms with E-state index in [2.05, 4.69) is 30.5 Å². The molecule has 0 unspecified atom stereocenters.